The van der Waals surface area contributed by atoms with Crippen LogP contribution >= 0.6 is 7.37 Å². The lowest BCUT2D eigenvalue weighted by Crippen LogP contribution is -2.40. The van der Waals surface area contributed by atoms with E-state index in [1.165, 1.54) is 0 Å². The molecule has 0 aromatic heterocycles. The standard InChI is InChI=1S/C18H33N2O10P/c1-5-27-15(21)13-19(17(23)29-7-3)9-11-31(25,26)12-10-20(18(24)30-8-4)14-16(22)28-6-2/h5-14H2,1-4H3,(H,25,26). The fourth-order valence-electron chi connectivity index (χ4n) is 2.29. The Morgan fingerprint density at radius 1 is 0.677 bits per heavy atom. The number of esters is 2. The first-order valence-corrected chi connectivity index (χ1v) is 12.1. The van der Waals surface area contributed by atoms with E-state index in [-0.39, 0.29) is 51.8 Å². The normalized spacial score (nSPS) is 10.7. The molecule has 0 aliphatic rings. The second-order valence-electron chi connectivity index (χ2n) is 6.14. The molecule has 0 fully saturated rings. The monoisotopic (exact) mass is 468 g/mol. The minimum atomic E-state index is -3.84. The largest absolute Gasteiger partial charge is 0.465 e. The van der Waals surface area contributed by atoms with Gasteiger partial charge in [0.1, 0.15) is 13.1 Å². The minimum absolute atomic E-state index is 0.0668. The molecule has 180 valence electrons. The summed E-state index contributed by atoms with van der Waals surface area (Å²) in [7, 11) is -3.84. The topological polar surface area (TPSA) is 149 Å². The Morgan fingerprint density at radius 3 is 1.29 bits per heavy atom. The van der Waals surface area contributed by atoms with E-state index >= 15 is 0 Å². The SMILES string of the molecule is CCOC(=O)CN(CCP(=O)(O)CCN(CC(=O)OCC)C(=O)OCC)C(=O)OCC. The number of carbonyl (C=O) groups is 4. The van der Waals surface area contributed by atoms with E-state index in [1.807, 2.05) is 0 Å². The van der Waals surface area contributed by atoms with Crippen LogP contribution in [0.4, 0.5) is 9.59 Å². The number of nitrogens with zero attached hydrogens (tertiary/aromatic N) is 2. The second-order valence-corrected chi connectivity index (χ2v) is 8.73. The smallest absolute Gasteiger partial charge is 0.410 e. The summed E-state index contributed by atoms with van der Waals surface area (Å²) >= 11 is 0. The molecule has 31 heavy (non-hydrogen) atoms. The van der Waals surface area contributed by atoms with Crippen LogP contribution in [0.1, 0.15) is 27.7 Å². The highest BCUT2D eigenvalue weighted by molar-refractivity contribution is 7.58. The van der Waals surface area contributed by atoms with Gasteiger partial charge in [-0.1, -0.05) is 0 Å². The van der Waals surface area contributed by atoms with Gasteiger partial charge in [-0.15, -0.1) is 0 Å². The molecule has 1 N–H and O–H groups in total. The molecule has 0 spiro atoms. The lowest BCUT2D eigenvalue weighted by Gasteiger charge is -2.24. The zero-order chi connectivity index (χ0) is 23.9. The van der Waals surface area contributed by atoms with Crippen molar-refractivity contribution < 1.29 is 47.6 Å². The number of hydrogen-bond donors (Lipinski definition) is 1. The highest BCUT2D eigenvalue weighted by atomic mass is 31.2. The molecule has 0 rings (SSSR count). The van der Waals surface area contributed by atoms with Gasteiger partial charge in [0.05, 0.1) is 26.4 Å². The van der Waals surface area contributed by atoms with Crippen LogP contribution in [0.2, 0.25) is 0 Å². The quantitative estimate of drug-likeness (QED) is 0.225. The fraction of sp³-hybridized carbons (Fsp3) is 0.778. The van der Waals surface area contributed by atoms with E-state index in [9.17, 15) is 28.6 Å². The third kappa shape index (κ3) is 12.8. The number of amides is 2. The Morgan fingerprint density at radius 2 is 1.00 bits per heavy atom. The average molecular weight is 468 g/mol. The number of ether oxygens (including phenoxy) is 4. The maximum Gasteiger partial charge on any atom is 0.410 e. The summed E-state index contributed by atoms with van der Waals surface area (Å²) < 4.78 is 31.9. The molecule has 2 amide bonds. The Kier molecular flexibility index (Phi) is 14.3. The summed E-state index contributed by atoms with van der Waals surface area (Å²) in [5.74, 6) is -1.35. The molecule has 0 saturated heterocycles. The van der Waals surface area contributed by atoms with Gasteiger partial charge in [-0.25, -0.2) is 9.59 Å². The third-order valence-electron chi connectivity index (χ3n) is 3.74. The maximum atomic E-state index is 12.6. The molecular weight excluding hydrogens is 435 g/mol. The maximum absolute atomic E-state index is 12.6. The number of hydrogen-bond acceptors (Lipinski definition) is 9. The zero-order valence-corrected chi connectivity index (χ0v) is 19.4. The first kappa shape index (κ1) is 28.7. The van der Waals surface area contributed by atoms with Crippen molar-refractivity contribution in [2.24, 2.45) is 0 Å². The van der Waals surface area contributed by atoms with Crippen LogP contribution in [0.15, 0.2) is 0 Å². The van der Waals surface area contributed by atoms with Gasteiger partial charge in [-0.3, -0.25) is 24.0 Å². The van der Waals surface area contributed by atoms with E-state index in [0.717, 1.165) is 9.80 Å². The molecule has 0 heterocycles. The van der Waals surface area contributed by atoms with Gasteiger partial charge in [0.15, 0.2) is 0 Å². The summed E-state index contributed by atoms with van der Waals surface area (Å²) in [6.45, 7) is 5.46. The molecule has 0 aliphatic carbocycles. The number of rotatable bonds is 14. The van der Waals surface area contributed by atoms with Crippen molar-refractivity contribution in [1.29, 1.82) is 0 Å². The molecule has 12 nitrogen and oxygen atoms in total. The zero-order valence-electron chi connectivity index (χ0n) is 18.5. The van der Waals surface area contributed by atoms with E-state index in [1.54, 1.807) is 27.7 Å². The predicted octanol–water partition coefficient (Wildman–Crippen LogP) is 1.30. The Bertz CT molecular complexity index is 593. The third-order valence-corrected chi connectivity index (χ3v) is 5.54. The minimum Gasteiger partial charge on any atom is -0.465 e. The van der Waals surface area contributed by atoms with Gasteiger partial charge in [0.25, 0.3) is 0 Å². The molecule has 0 unspecified atom stereocenters. The molecule has 0 bridgehead atoms. The van der Waals surface area contributed by atoms with Crippen LogP contribution in [0.5, 0.6) is 0 Å². The molecule has 13 heteroatoms. The molecule has 0 radical (unpaired) electrons. The van der Waals surface area contributed by atoms with E-state index < -0.39 is 44.6 Å². The van der Waals surface area contributed by atoms with Gasteiger partial charge in [0, 0.05) is 25.4 Å². The highest BCUT2D eigenvalue weighted by Gasteiger charge is 2.27. The van der Waals surface area contributed by atoms with Crippen LogP contribution in [-0.2, 0) is 33.1 Å². The Balaban J connectivity index is 5.01. The lowest BCUT2D eigenvalue weighted by molar-refractivity contribution is -0.144. The summed E-state index contributed by atoms with van der Waals surface area (Å²) in [6, 6.07) is 0. The summed E-state index contributed by atoms with van der Waals surface area (Å²) in [6.07, 6.45) is -2.32. The summed E-state index contributed by atoms with van der Waals surface area (Å²) in [4.78, 5) is 59.6. The number of carbonyl (C=O) groups excluding carboxylic acids is 4. The Hall–Kier alpha value is -2.33. The van der Waals surface area contributed by atoms with Crippen LogP contribution in [-0.4, -0.2) is 104 Å². The van der Waals surface area contributed by atoms with Crippen molar-refractivity contribution in [3.63, 3.8) is 0 Å². The van der Waals surface area contributed by atoms with Crippen LogP contribution in [0, 0.1) is 0 Å². The van der Waals surface area contributed by atoms with E-state index in [0.29, 0.717) is 0 Å². The van der Waals surface area contributed by atoms with Crippen LogP contribution in [0.3, 0.4) is 0 Å². The first-order chi connectivity index (χ1) is 14.6. The van der Waals surface area contributed by atoms with Gasteiger partial charge in [-0.05, 0) is 27.7 Å². The van der Waals surface area contributed by atoms with E-state index in [2.05, 4.69) is 0 Å². The molecule has 0 aromatic carbocycles. The molecule has 0 aliphatic heterocycles. The summed E-state index contributed by atoms with van der Waals surface area (Å²) in [5.41, 5.74) is 0. The van der Waals surface area contributed by atoms with Crippen molar-refractivity contribution in [2.45, 2.75) is 27.7 Å². The van der Waals surface area contributed by atoms with Crippen molar-refractivity contribution in [3.8, 4) is 0 Å². The van der Waals surface area contributed by atoms with Gasteiger partial charge in [0.2, 0.25) is 7.37 Å². The fourth-order valence-corrected chi connectivity index (χ4v) is 3.62. The summed E-state index contributed by atoms with van der Waals surface area (Å²) in [5, 5.41) is 0. The lowest BCUT2D eigenvalue weighted by atomic mass is 10.5. The average Bonchev–Trinajstić information content (AvgIpc) is 2.69. The van der Waals surface area contributed by atoms with Gasteiger partial charge < -0.3 is 23.8 Å². The van der Waals surface area contributed by atoms with Crippen LogP contribution in [0.25, 0.3) is 0 Å². The molecular formula is C18H33N2O10P. The van der Waals surface area contributed by atoms with Crippen molar-refractivity contribution in [2.75, 3.05) is 64.9 Å². The van der Waals surface area contributed by atoms with E-state index in [4.69, 9.17) is 18.9 Å². The first-order valence-electron chi connectivity index (χ1n) is 10.1. The van der Waals surface area contributed by atoms with Gasteiger partial charge >= 0.3 is 24.1 Å². The molecule has 0 aromatic rings. The van der Waals surface area contributed by atoms with Gasteiger partial charge in [-0.2, -0.15) is 0 Å². The van der Waals surface area contributed by atoms with Crippen LogP contribution < -0.4 is 0 Å². The predicted molar refractivity (Wildman–Crippen MR) is 110 cm³/mol. The van der Waals surface area contributed by atoms with Crippen molar-refractivity contribution in [3.05, 3.63) is 0 Å². The molecule has 0 atom stereocenters. The molecule has 0 saturated carbocycles. The second kappa shape index (κ2) is 15.5. The van der Waals surface area contributed by atoms with Crippen molar-refractivity contribution >= 4 is 31.5 Å². The van der Waals surface area contributed by atoms with Crippen molar-refractivity contribution in [1.82, 2.24) is 9.80 Å². The Labute approximate surface area is 182 Å². The highest BCUT2D eigenvalue weighted by Crippen LogP contribution is 2.39.